The maximum atomic E-state index is 6.12. The normalized spacial score (nSPS) is 37.7. The van der Waals surface area contributed by atoms with Gasteiger partial charge in [-0.2, -0.15) is 4.89 Å². The minimum Gasteiger partial charge on any atom is -0.343 e. The minimum absolute atomic E-state index is 0.296. The Balaban J connectivity index is 1.97. The van der Waals surface area contributed by atoms with Crippen LogP contribution in [-0.2, 0) is 14.5 Å². The van der Waals surface area contributed by atoms with E-state index in [9.17, 15) is 0 Å². The first-order chi connectivity index (χ1) is 8.56. The number of rotatable bonds is 3. The molecule has 2 aliphatic rings. The molecule has 4 atom stereocenters. The topological polar surface area (TPSA) is 27.7 Å². The van der Waals surface area contributed by atoms with Gasteiger partial charge in [0, 0.05) is 0 Å². The van der Waals surface area contributed by atoms with E-state index in [4.69, 9.17) is 14.5 Å². The van der Waals surface area contributed by atoms with Gasteiger partial charge in [-0.05, 0) is 49.2 Å². The molecule has 0 bridgehead atoms. The molecule has 0 spiro atoms. The van der Waals surface area contributed by atoms with E-state index < -0.39 is 0 Å². The Morgan fingerprint density at radius 2 is 2.11 bits per heavy atom. The average molecular weight is 254 g/mol. The van der Waals surface area contributed by atoms with Crippen LogP contribution in [0.4, 0.5) is 0 Å². The molecule has 0 amide bonds. The summed E-state index contributed by atoms with van der Waals surface area (Å²) in [5, 5.41) is 0. The summed E-state index contributed by atoms with van der Waals surface area (Å²) < 4.78 is 6.12. The Kier molecular flexibility index (Phi) is 4.82. The monoisotopic (exact) mass is 254 g/mol. The summed E-state index contributed by atoms with van der Waals surface area (Å²) in [7, 11) is 0. The van der Waals surface area contributed by atoms with Crippen LogP contribution in [-0.4, -0.2) is 19.0 Å². The summed E-state index contributed by atoms with van der Waals surface area (Å²) in [5.41, 5.74) is 1.18. The zero-order valence-electron chi connectivity index (χ0n) is 12.0. The molecule has 0 aromatic carbocycles. The fourth-order valence-corrected chi connectivity index (χ4v) is 3.01. The van der Waals surface area contributed by atoms with Gasteiger partial charge < -0.3 is 4.74 Å². The molecule has 3 nitrogen and oxygen atoms in total. The fraction of sp³-hybridized carbons (Fsp3) is 0.867. The highest BCUT2D eigenvalue weighted by Crippen LogP contribution is 2.36. The van der Waals surface area contributed by atoms with Crippen LogP contribution >= 0.6 is 0 Å². The van der Waals surface area contributed by atoms with E-state index in [0.717, 1.165) is 12.3 Å². The van der Waals surface area contributed by atoms with Crippen LogP contribution in [0.2, 0.25) is 0 Å². The van der Waals surface area contributed by atoms with E-state index in [1.165, 1.54) is 18.4 Å². The largest absolute Gasteiger partial charge is 0.343 e. The second-order valence-electron chi connectivity index (χ2n) is 6.24. The fourth-order valence-electron chi connectivity index (χ4n) is 3.01. The van der Waals surface area contributed by atoms with Crippen LogP contribution in [0.1, 0.15) is 47.0 Å². The van der Waals surface area contributed by atoms with Gasteiger partial charge in [-0.3, -0.25) is 0 Å². The Morgan fingerprint density at radius 3 is 2.78 bits per heavy atom. The Morgan fingerprint density at radius 1 is 1.33 bits per heavy atom. The third-order valence-corrected chi connectivity index (χ3v) is 4.14. The Labute approximate surface area is 110 Å². The average Bonchev–Trinajstić information content (AvgIpc) is 2.28. The Bertz CT molecular complexity index is 298. The molecule has 1 aliphatic heterocycles. The lowest BCUT2D eigenvalue weighted by molar-refractivity contribution is -0.377. The van der Waals surface area contributed by atoms with Gasteiger partial charge in [-0.15, -0.1) is 0 Å². The zero-order valence-corrected chi connectivity index (χ0v) is 12.0. The van der Waals surface area contributed by atoms with Gasteiger partial charge in [0.05, 0.1) is 6.10 Å². The molecule has 0 saturated heterocycles. The smallest absolute Gasteiger partial charge is 0.211 e. The highest BCUT2D eigenvalue weighted by atomic mass is 17.2. The van der Waals surface area contributed by atoms with Crippen molar-refractivity contribution in [3.63, 3.8) is 0 Å². The quantitative estimate of drug-likeness (QED) is 0.568. The third-order valence-electron chi connectivity index (χ3n) is 4.14. The molecule has 104 valence electrons. The van der Waals surface area contributed by atoms with Gasteiger partial charge in [0.1, 0.15) is 6.61 Å². The van der Waals surface area contributed by atoms with E-state index in [-0.39, 0.29) is 6.29 Å². The van der Waals surface area contributed by atoms with Crippen molar-refractivity contribution in [3.8, 4) is 0 Å². The van der Waals surface area contributed by atoms with Crippen molar-refractivity contribution in [1.82, 2.24) is 0 Å². The zero-order chi connectivity index (χ0) is 13.1. The maximum Gasteiger partial charge on any atom is 0.211 e. The second kappa shape index (κ2) is 6.18. The molecule has 18 heavy (non-hydrogen) atoms. The van der Waals surface area contributed by atoms with Crippen LogP contribution in [0.25, 0.3) is 0 Å². The lowest BCUT2D eigenvalue weighted by Gasteiger charge is -2.38. The van der Waals surface area contributed by atoms with Gasteiger partial charge in [-0.25, -0.2) is 4.89 Å². The lowest BCUT2D eigenvalue weighted by Crippen LogP contribution is -2.38. The van der Waals surface area contributed by atoms with Crippen molar-refractivity contribution in [2.24, 2.45) is 17.8 Å². The summed E-state index contributed by atoms with van der Waals surface area (Å²) in [4.78, 5) is 10.3. The molecule has 0 N–H and O–H groups in total. The first kappa shape index (κ1) is 14.0. The van der Waals surface area contributed by atoms with E-state index in [1.54, 1.807) is 0 Å². The van der Waals surface area contributed by atoms with Crippen molar-refractivity contribution in [1.29, 1.82) is 0 Å². The highest BCUT2D eigenvalue weighted by Gasteiger charge is 2.33. The number of hydrogen-bond donors (Lipinski definition) is 0. The van der Waals surface area contributed by atoms with E-state index in [1.807, 2.05) is 13.0 Å². The molecule has 1 heterocycles. The van der Waals surface area contributed by atoms with Crippen LogP contribution < -0.4 is 0 Å². The van der Waals surface area contributed by atoms with Crippen molar-refractivity contribution in [2.75, 3.05) is 6.61 Å². The van der Waals surface area contributed by atoms with E-state index in [2.05, 4.69) is 20.8 Å². The van der Waals surface area contributed by atoms with Gasteiger partial charge in [0.25, 0.3) is 0 Å². The van der Waals surface area contributed by atoms with Gasteiger partial charge in [0.2, 0.25) is 6.29 Å². The molecule has 2 rings (SSSR count). The summed E-state index contributed by atoms with van der Waals surface area (Å²) in [6.45, 7) is 9.48. The molecule has 0 aromatic heterocycles. The Hall–Kier alpha value is -0.380. The van der Waals surface area contributed by atoms with Crippen LogP contribution in [0, 0.1) is 17.8 Å². The minimum atomic E-state index is -0.324. The van der Waals surface area contributed by atoms with Crippen molar-refractivity contribution in [3.05, 3.63) is 11.6 Å². The molecule has 1 fully saturated rings. The molecular weight excluding hydrogens is 228 g/mol. The summed E-state index contributed by atoms with van der Waals surface area (Å²) in [5.74, 6) is 2.05. The second-order valence-corrected chi connectivity index (χ2v) is 6.24. The highest BCUT2D eigenvalue weighted by molar-refractivity contribution is 5.01. The molecule has 0 aromatic rings. The number of hydrogen-bond acceptors (Lipinski definition) is 3. The van der Waals surface area contributed by atoms with Gasteiger partial charge >= 0.3 is 0 Å². The van der Waals surface area contributed by atoms with Crippen LogP contribution in [0.3, 0.4) is 0 Å². The molecule has 0 radical (unpaired) electrons. The van der Waals surface area contributed by atoms with Gasteiger partial charge in [0.15, 0.2) is 0 Å². The van der Waals surface area contributed by atoms with Crippen LogP contribution in [0.15, 0.2) is 11.6 Å². The molecule has 1 saturated carbocycles. The van der Waals surface area contributed by atoms with Crippen LogP contribution in [0.5, 0.6) is 0 Å². The molecule has 1 aliphatic carbocycles. The van der Waals surface area contributed by atoms with E-state index in [0.29, 0.717) is 24.5 Å². The standard InChI is InChI=1S/C15H26O3/c1-10(2)13-6-5-11(3)7-14(13)17-15-8-12(4)9-16-18-15/h8,10-11,13-15H,5-7,9H2,1-4H3/t11-,13+,14-,15?/m0/s1. The number of ether oxygens (including phenoxy) is 1. The molecule has 3 heteroatoms. The van der Waals surface area contributed by atoms with Crippen molar-refractivity contribution in [2.45, 2.75) is 59.4 Å². The van der Waals surface area contributed by atoms with Gasteiger partial charge in [-0.1, -0.05) is 27.2 Å². The van der Waals surface area contributed by atoms with Crippen molar-refractivity contribution < 1.29 is 14.5 Å². The van der Waals surface area contributed by atoms with Crippen molar-refractivity contribution >= 4 is 0 Å². The molecule has 1 unspecified atom stereocenters. The maximum absolute atomic E-state index is 6.12. The first-order valence-electron chi connectivity index (χ1n) is 7.17. The SMILES string of the molecule is CC1=CC(O[C@H]2C[C@@H](C)CC[C@@H]2C(C)C)OOC1. The lowest BCUT2D eigenvalue weighted by atomic mass is 9.75. The van der Waals surface area contributed by atoms with E-state index >= 15 is 0 Å². The third kappa shape index (κ3) is 3.56. The summed E-state index contributed by atoms with van der Waals surface area (Å²) in [6.07, 6.45) is 5.72. The predicted molar refractivity (Wildman–Crippen MR) is 70.8 cm³/mol. The predicted octanol–water partition coefficient (Wildman–Crippen LogP) is 3.70. The summed E-state index contributed by atoms with van der Waals surface area (Å²) in [6, 6.07) is 0. The first-order valence-corrected chi connectivity index (χ1v) is 7.17. The summed E-state index contributed by atoms with van der Waals surface area (Å²) >= 11 is 0. The molecular formula is C15H26O3.